The molecular formula is C17H17N3O. The molecule has 0 amide bonds. The van der Waals surface area contributed by atoms with E-state index in [4.69, 9.17) is 0 Å². The van der Waals surface area contributed by atoms with Gasteiger partial charge in [-0.15, -0.1) is 0 Å². The zero-order valence-electron chi connectivity index (χ0n) is 11.9. The minimum absolute atomic E-state index is 0.0281. The number of aryl methyl sites for hydroxylation is 1. The molecule has 0 aliphatic heterocycles. The van der Waals surface area contributed by atoms with Gasteiger partial charge >= 0.3 is 0 Å². The maximum atomic E-state index is 12.5. The van der Waals surface area contributed by atoms with E-state index in [1.54, 1.807) is 10.9 Å². The highest BCUT2D eigenvalue weighted by Crippen LogP contribution is 2.10. The quantitative estimate of drug-likeness (QED) is 0.798. The summed E-state index contributed by atoms with van der Waals surface area (Å²) in [6.07, 6.45) is 2.41. The average molecular weight is 279 g/mol. The van der Waals surface area contributed by atoms with Gasteiger partial charge in [-0.2, -0.15) is 0 Å². The van der Waals surface area contributed by atoms with Crippen molar-refractivity contribution in [1.29, 1.82) is 0 Å². The molecule has 2 aromatic heterocycles. The summed E-state index contributed by atoms with van der Waals surface area (Å²) in [5.74, 6) is 0. The Labute approximate surface area is 123 Å². The predicted molar refractivity (Wildman–Crippen MR) is 84.9 cm³/mol. The van der Waals surface area contributed by atoms with Crippen molar-refractivity contribution in [2.24, 2.45) is 0 Å². The first-order chi connectivity index (χ1) is 10.3. The van der Waals surface area contributed by atoms with E-state index in [-0.39, 0.29) is 5.56 Å². The highest BCUT2D eigenvalue weighted by Gasteiger charge is 2.08. The van der Waals surface area contributed by atoms with Crippen molar-refractivity contribution in [3.8, 4) is 0 Å². The summed E-state index contributed by atoms with van der Waals surface area (Å²) >= 11 is 0. The van der Waals surface area contributed by atoms with E-state index in [9.17, 15) is 4.79 Å². The maximum Gasteiger partial charge on any atom is 0.274 e. The Balaban J connectivity index is 2.04. The van der Waals surface area contributed by atoms with Crippen LogP contribution in [0.5, 0.6) is 0 Å². The zero-order chi connectivity index (χ0) is 14.7. The fraction of sp³-hybridized carbons (Fsp3) is 0.176. The smallest absolute Gasteiger partial charge is 0.274 e. The van der Waals surface area contributed by atoms with Crippen molar-refractivity contribution in [2.75, 3.05) is 5.43 Å². The molecular weight excluding hydrogens is 262 g/mol. The molecule has 0 spiro atoms. The fourth-order valence-corrected chi connectivity index (χ4v) is 2.36. The van der Waals surface area contributed by atoms with Crippen LogP contribution in [-0.2, 0) is 13.0 Å². The van der Waals surface area contributed by atoms with Crippen molar-refractivity contribution >= 4 is 11.0 Å². The van der Waals surface area contributed by atoms with Crippen LogP contribution < -0.4 is 11.0 Å². The molecule has 0 bridgehead atoms. The van der Waals surface area contributed by atoms with Gasteiger partial charge < -0.3 is 5.43 Å². The van der Waals surface area contributed by atoms with Gasteiger partial charge in [-0.25, -0.2) is 9.66 Å². The molecule has 0 aliphatic carbocycles. The van der Waals surface area contributed by atoms with Gasteiger partial charge in [0.1, 0.15) is 0 Å². The summed E-state index contributed by atoms with van der Waals surface area (Å²) in [4.78, 5) is 16.8. The summed E-state index contributed by atoms with van der Waals surface area (Å²) in [7, 11) is 0. The molecule has 0 saturated heterocycles. The molecule has 0 unspecified atom stereocenters. The van der Waals surface area contributed by atoms with Crippen molar-refractivity contribution in [2.45, 2.75) is 19.9 Å². The van der Waals surface area contributed by atoms with Gasteiger partial charge in [-0.3, -0.25) is 4.79 Å². The summed E-state index contributed by atoms with van der Waals surface area (Å²) in [5, 5.41) is 0.967. The van der Waals surface area contributed by atoms with Gasteiger partial charge in [0.15, 0.2) is 5.65 Å². The Morgan fingerprint density at radius 2 is 1.95 bits per heavy atom. The second kappa shape index (κ2) is 5.79. The van der Waals surface area contributed by atoms with Gasteiger partial charge in [-0.1, -0.05) is 37.3 Å². The standard InChI is InChI=1S/C17H17N3O/c1-2-14-11-15-9-6-10-18-16(15)20(17(14)21)19-12-13-7-4-3-5-8-13/h3-11,19H,2,12H2,1H3. The van der Waals surface area contributed by atoms with Gasteiger partial charge in [0.05, 0.1) is 6.54 Å². The number of nitrogens with zero attached hydrogens (tertiary/aromatic N) is 2. The zero-order valence-corrected chi connectivity index (χ0v) is 11.9. The first-order valence-corrected chi connectivity index (χ1v) is 7.07. The number of rotatable bonds is 4. The van der Waals surface area contributed by atoms with Crippen LogP contribution in [0, 0.1) is 0 Å². The summed E-state index contributed by atoms with van der Waals surface area (Å²) in [5.41, 5.74) is 5.73. The highest BCUT2D eigenvalue weighted by molar-refractivity contribution is 5.75. The van der Waals surface area contributed by atoms with Crippen LogP contribution in [0.3, 0.4) is 0 Å². The van der Waals surface area contributed by atoms with Crippen molar-refractivity contribution in [3.05, 3.63) is 76.2 Å². The van der Waals surface area contributed by atoms with E-state index in [1.165, 1.54) is 0 Å². The number of hydrogen-bond donors (Lipinski definition) is 1. The number of benzene rings is 1. The molecule has 4 heteroatoms. The molecule has 0 atom stereocenters. The highest BCUT2D eigenvalue weighted by atomic mass is 16.1. The van der Waals surface area contributed by atoms with Crippen molar-refractivity contribution < 1.29 is 0 Å². The Kier molecular flexibility index (Phi) is 3.69. The Hall–Kier alpha value is -2.62. The van der Waals surface area contributed by atoms with Gasteiger partial charge in [0, 0.05) is 17.1 Å². The number of nitrogens with one attached hydrogen (secondary N) is 1. The van der Waals surface area contributed by atoms with Crippen molar-refractivity contribution in [3.63, 3.8) is 0 Å². The molecule has 4 nitrogen and oxygen atoms in total. The van der Waals surface area contributed by atoms with Crippen LogP contribution in [-0.4, -0.2) is 9.66 Å². The predicted octanol–water partition coefficient (Wildman–Crippen LogP) is 2.70. The third-order valence-electron chi connectivity index (χ3n) is 3.50. The lowest BCUT2D eigenvalue weighted by Gasteiger charge is -2.13. The number of aromatic nitrogens is 2. The molecule has 3 aromatic rings. The van der Waals surface area contributed by atoms with E-state index in [1.807, 2.05) is 55.5 Å². The fourth-order valence-electron chi connectivity index (χ4n) is 2.36. The summed E-state index contributed by atoms with van der Waals surface area (Å²) in [6, 6.07) is 15.8. The van der Waals surface area contributed by atoms with Crippen molar-refractivity contribution in [1.82, 2.24) is 9.66 Å². The lowest BCUT2D eigenvalue weighted by atomic mass is 10.1. The number of hydrogen-bond acceptors (Lipinski definition) is 3. The monoisotopic (exact) mass is 279 g/mol. The maximum absolute atomic E-state index is 12.5. The van der Waals surface area contributed by atoms with Crippen LogP contribution in [0.4, 0.5) is 0 Å². The molecule has 0 aliphatic rings. The second-order valence-corrected chi connectivity index (χ2v) is 4.90. The van der Waals surface area contributed by atoms with E-state index in [0.29, 0.717) is 18.6 Å². The lowest BCUT2D eigenvalue weighted by Crippen LogP contribution is -2.31. The Bertz CT molecular complexity index is 809. The SMILES string of the molecule is CCc1cc2cccnc2n(NCc2ccccc2)c1=O. The summed E-state index contributed by atoms with van der Waals surface area (Å²) < 4.78 is 1.56. The largest absolute Gasteiger partial charge is 0.317 e. The average Bonchev–Trinajstić information content (AvgIpc) is 2.54. The third-order valence-corrected chi connectivity index (χ3v) is 3.50. The normalized spacial score (nSPS) is 10.7. The topological polar surface area (TPSA) is 46.9 Å². The van der Waals surface area contributed by atoms with Gasteiger partial charge in [0.2, 0.25) is 0 Å². The number of pyridine rings is 2. The molecule has 0 fully saturated rings. The lowest BCUT2D eigenvalue weighted by molar-refractivity contribution is 0.809. The van der Waals surface area contributed by atoms with Gasteiger partial charge in [-0.05, 0) is 30.2 Å². The van der Waals surface area contributed by atoms with Crippen LogP contribution in [0.1, 0.15) is 18.1 Å². The first-order valence-electron chi connectivity index (χ1n) is 7.07. The van der Waals surface area contributed by atoms with E-state index >= 15 is 0 Å². The summed E-state index contributed by atoms with van der Waals surface area (Å²) in [6.45, 7) is 2.57. The first kappa shape index (κ1) is 13.4. The molecule has 2 heterocycles. The van der Waals surface area contributed by atoms with E-state index in [2.05, 4.69) is 10.4 Å². The minimum Gasteiger partial charge on any atom is -0.317 e. The Morgan fingerprint density at radius 1 is 1.14 bits per heavy atom. The second-order valence-electron chi connectivity index (χ2n) is 4.90. The van der Waals surface area contributed by atoms with Crippen LogP contribution in [0.25, 0.3) is 11.0 Å². The van der Waals surface area contributed by atoms with E-state index < -0.39 is 0 Å². The molecule has 1 N–H and O–H groups in total. The number of fused-ring (bicyclic) bond motifs is 1. The minimum atomic E-state index is -0.0281. The molecule has 0 radical (unpaired) electrons. The van der Waals surface area contributed by atoms with Gasteiger partial charge in [0.25, 0.3) is 5.56 Å². The van der Waals surface area contributed by atoms with Crippen LogP contribution >= 0.6 is 0 Å². The van der Waals surface area contributed by atoms with Crippen LogP contribution in [0.2, 0.25) is 0 Å². The molecule has 0 saturated carbocycles. The van der Waals surface area contributed by atoms with E-state index in [0.717, 1.165) is 16.5 Å². The molecule has 3 rings (SSSR count). The molecule has 1 aromatic carbocycles. The Morgan fingerprint density at radius 3 is 2.71 bits per heavy atom. The third kappa shape index (κ3) is 2.65. The molecule has 21 heavy (non-hydrogen) atoms. The van der Waals surface area contributed by atoms with Crippen LogP contribution in [0.15, 0.2) is 59.5 Å². The molecule has 106 valence electrons.